The van der Waals surface area contributed by atoms with E-state index in [1.54, 1.807) is 24.3 Å². The van der Waals surface area contributed by atoms with Gasteiger partial charge in [-0.2, -0.15) is 8.78 Å². The van der Waals surface area contributed by atoms with E-state index in [0.29, 0.717) is 10.9 Å². The number of nitrogens with two attached hydrogens (primary N) is 1. The van der Waals surface area contributed by atoms with E-state index in [4.69, 9.17) is 5.73 Å². The highest BCUT2D eigenvalue weighted by atomic mass is 19.2. The first-order valence-corrected chi connectivity index (χ1v) is 3.69. The fourth-order valence-electron chi connectivity index (χ4n) is 1.18. The molecular formula is C9H6F2N2. The summed E-state index contributed by atoms with van der Waals surface area (Å²) in [6.07, 6.45) is 0. The number of benzene rings is 1. The summed E-state index contributed by atoms with van der Waals surface area (Å²) in [6, 6.07) is 6.55. The third kappa shape index (κ3) is 1.11. The summed E-state index contributed by atoms with van der Waals surface area (Å²) in [4.78, 5) is 3.41. The quantitative estimate of drug-likeness (QED) is 0.630. The van der Waals surface area contributed by atoms with Crippen LogP contribution < -0.4 is 5.73 Å². The van der Waals surface area contributed by atoms with Gasteiger partial charge in [0.1, 0.15) is 0 Å². The standard InChI is InChI=1S/C9H6F2N2/c10-7-8(12)5-3-1-2-4-6(5)13-9(7)11/h1-4H,(H2,12,13). The molecule has 2 rings (SSSR count). The second-order valence-corrected chi connectivity index (χ2v) is 2.65. The van der Waals surface area contributed by atoms with Crippen molar-refractivity contribution < 1.29 is 8.78 Å². The van der Waals surface area contributed by atoms with E-state index in [0.717, 1.165) is 0 Å². The van der Waals surface area contributed by atoms with Crippen LogP contribution in [-0.4, -0.2) is 4.98 Å². The van der Waals surface area contributed by atoms with Crippen LogP contribution in [0.1, 0.15) is 0 Å². The molecule has 0 aliphatic heterocycles. The van der Waals surface area contributed by atoms with Gasteiger partial charge in [-0.1, -0.05) is 18.2 Å². The molecule has 0 amide bonds. The zero-order valence-electron chi connectivity index (χ0n) is 6.59. The van der Waals surface area contributed by atoms with E-state index in [1.807, 2.05) is 0 Å². The number of hydrogen-bond donors (Lipinski definition) is 1. The summed E-state index contributed by atoms with van der Waals surface area (Å²) in [6.45, 7) is 0. The normalized spacial score (nSPS) is 10.6. The zero-order chi connectivity index (χ0) is 9.42. The van der Waals surface area contributed by atoms with Crippen LogP contribution in [0.2, 0.25) is 0 Å². The second-order valence-electron chi connectivity index (χ2n) is 2.65. The molecule has 2 N–H and O–H groups in total. The fraction of sp³-hybridized carbons (Fsp3) is 0. The first-order valence-electron chi connectivity index (χ1n) is 3.69. The van der Waals surface area contributed by atoms with Gasteiger partial charge in [-0.25, -0.2) is 4.98 Å². The lowest BCUT2D eigenvalue weighted by atomic mass is 10.2. The average molecular weight is 180 g/mol. The van der Waals surface area contributed by atoms with Crippen molar-refractivity contribution in [2.24, 2.45) is 0 Å². The molecule has 0 spiro atoms. The summed E-state index contributed by atoms with van der Waals surface area (Å²) < 4.78 is 25.6. The van der Waals surface area contributed by atoms with Crippen LogP contribution in [0.15, 0.2) is 24.3 Å². The molecule has 0 fully saturated rings. The van der Waals surface area contributed by atoms with E-state index in [9.17, 15) is 8.78 Å². The molecule has 0 bridgehead atoms. The van der Waals surface area contributed by atoms with Gasteiger partial charge in [0, 0.05) is 5.39 Å². The molecule has 0 aliphatic rings. The third-order valence-electron chi connectivity index (χ3n) is 1.83. The second kappa shape index (κ2) is 2.65. The summed E-state index contributed by atoms with van der Waals surface area (Å²) in [7, 11) is 0. The maximum Gasteiger partial charge on any atom is 0.251 e. The molecule has 1 aromatic carbocycles. The SMILES string of the molecule is Nc1c(F)c(F)nc2ccccc12. The largest absolute Gasteiger partial charge is 0.396 e. The highest BCUT2D eigenvalue weighted by Gasteiger charge is 2.11. The smallest absolute Gasteiger partial charge is 0.251 e. The van der Waals surface area contributed by atoms with Gasteiger partial charge in [-0.15, -0.1) is 0 Å². The molecule has 0 aliphatic carbocycles. The number of pyridine rings is 1. The molecule has 0 unspecified atom stereocenters. The van der Waals surface area contributed by atoms with Gasteiger partial charge >= 0.3 is 0 Å². The lowest BCUT2D eigenvalue weighted by molar-refractivity contribution is 0.487. The lowest BCUT2D eigenvalue weighted by Crippen LogP contribution is -1.98. The predicted octanol–water partition coefficient (Wildman–Crippen LogP) is 2.10. The fourth-order valence-corrected chi connectivity index (χ4v) is 1.18. The van der Waals surface area contributed by atoms with Gasteiger partial charge in [0.25, 0.3) is 5.95 Å². The highest BCUT2D eigenvalue weighted by molar-refractivity contribution is 5.89. The molecular weight excluding hydrogens is 174 g/mol. The summed E-state index contributed by atoms with van der Waals surface area (Å²) in [5.74, 6) is -2.24. The van der Waals surface area contributed by atoms with Crippen LogP contribution in [0.4, 0.5) is 14.5 Å². The number of fused-ring (bicyclic) bond motifs is 1. The van der Waals surface area contributed by atoms with Crippen LogP contribution in [-0.2, 0) is 0 Å². The number of anilines is 1. The minimum atomic E-state index is -1.16. The highest BCUT2D eigenvalue weighted by Crippen LogP contribution is 2.23. The molecule has 2 nitrogen and oxygen atoms in total. The molecule has 2 aromatic rings. The summed E-state index contributed by atoms with van der Waals surface area (Å²) in [5.41, 5.74) is 5.53. The maximum atomic E-state index is 12.9. The van der Waals surface area contributed by atoms with E-state index in [2.05, 4.69) is 4.98 Å². The van der Waals surface area contributed by atoms with Crippen molar-refractivity contribution in [3.63, 3.8) is 0 Å². The number of nitrogens with zero attached hydrogens (tertiary/aromatic N) is 1. The lowest BCUT2D eigenvalue weighted by Gasteiger charge is -2.02. The van der Waals surface area contributed by atoms with E-state index < -0.39 is 11.8 Å². The van der Waals surface area contributed by atoms with Crippen LogP contribution in [0.3, 0.4) is 0 Å². The minimum absolute atomic E-state index is 0.192. The molecule has 4 heteroatoms. The average Bonchev–Trinajstić information content (AvgIpc) is 2.15. The first kappa shape index (κ1) is 7.91. The van der Waals surface area contributed by atoms with Gasteiger partial charge in [0.2, 0.25) is 5.82 Å². The number of aromatic nitrogens is 1. The molecule has 0 atom stereocenters. The van der Waals surface area contributed by atoms with E-state index >= 15 is 0 Å². The number of para-hydroxylation sites is 1. The topological polar surface area (TPSA) is 38.9 Å². The van der Waals surface area contributed by atoms with Crippen molar-refractivity contribution >= 4 is 16.6 Å². The number of rotatable bonds is 0. The molecule has 1 aromatic heterocycles. The molecule has 13 heavy (non-hydrogen) atoms. The number of hydrogen-bond acceptors (Lipinski definition) is 2. The molecule has 1 heterocycles. The van der Waals surface area contributed by atoms with E-state index in [1.165, 1.54) is 0 Å². The van der Waals surface area contributed by atoms with Crippen molar-refractivity contribution in [3.05, 3.63) is 36.0 Å². The van der Waals surface area contributed by atoms with E-state index in [-0.39, 0.29) is 5.69 Å². The van der Waals surface area contributed by atoms with Crippen LogP contribution in [0.25, 0.3) is 10.9 Å². The van der Waals surface area contributed by atoms with Crippen molar-refractivity contribution in [1.82, 2.24) is 4.98 Å². The Morgan fingerprint density at radius 1 is 1.15 bits per heavy atom. The van der Waals surface area contributed by atoms with Crippen molar-refractivity contribution in [3.8, 4) is 0 Å². The van der Waals surface area contributed by atoms with Gasteiger partial charge in [-0.3, -0.25) is 0 Å². The number of halogens is 2. The maximum absolute atomic E-state index is 12.9. The van der Waals surface area contributed by atoms with Crippen LogP contribution in [0, 0.1) is 11.8 Å². The molecule has 66 valence electrons. The minimum Gasteiger partial charge on any atom is -0.396 e. The molecule has 0 radical (unpaired) electrons. The Balaban J connectivity index is 2.94. The summed E-state index contributed by atoms with van der Waals surface area (Å²) >= 11 is 0. The predicted molar refractivity (Wildman–Crippen MR) is 46.1 cm³/mol. The molecule has 0 saturated carbocycles. The van der Waals surface area contributed by atoms with Crippen molar-refractivity contribution in [1.29, 1.82) is 0 Å². The Bertz CT molecular complexity index is 468. The van der Waals surface area contributed by atoms with Crippen LogP contribution >= 0.6 is 0 Å². The van der Waals surface area contributed by atoms with Crippen LogP contribution in [0.5, 0.6) is 0 Å². The number of nitrogen functional groups attached to an aromatic ring is 1. The summed E-state index contributed by atoms with van der Waals surface area (Å²) in [5, 5.41) is 0.432. The van der Waals surface area contributed by atoms with Gasteiger partial charge in [0.05, 0.1) is 11.2 Å². The van der Waals surface area contributed by atoms with Gasteiger partial charge < -0.3 is 5.73 Å². The Hall–Kier alpha value is -1.71. The van der Waals surface area contributed by atoms with Gasteiger partial charge in [-0.05, 0) is 6.07 Å². The Kier molecular flexibility index (Phi) is 1.62. The Morgan fingerprint density at radius 3 is 2.62 bits per heavy atom. The molecule has 0 saturated heterocycles. The third-order valence-corrected chi connectivity index (χ3v) is 1.83. The zero-order valence-corrected chi connectivity index (χ0v) is 6.59. The first-order chi connectivity index (χ1) is 6.20. The Labute approximate surface area is 73.0 Å². The van der Waals surface area contributed by atoms with Crippen molar-refractivity contribution in [2.75, 3.05) is 5.73 Å². The Morgan fingerprint density at radius 2 is 1.85 bits per heavy atom. The monoisotopic (exact) mass is 180 g/mol. The van der Waals surface area contributed by atoms with Gasteiger partial charge in [0.15, 0.2) is 0 Å². The van der Waals surface area contributed by atoms with Crippen molar-refractivity contribution in [2.45, 2.75) is 0 Å².